The summed E-state index contributed by atoms with van der Waals surface area (Å²) in [7, 11) is -2.12. The summed E-state index contributed by atoms with van der Waals surface area (Å²) >= 11 is 6.09. The number of imidazole rings is 1. The van der Waals surface area contributed by atoms with Crippen molar-refractivity contribution in [3.05, 3.63) is 41.9 Å². The van der Waals surface area contributed by atoms with Gasteiger partial charge >= 0.3 is 6.09 Å². The maximum Gasteiger partial charge on any atom is 0.405 e. The number of hydrogen-bond donors (Lipinski definition) is 3. The van der Waals surface area contributed by atoms with Gasteiger partial charge < -0.3 is 25.1 Å². The summed E-state index contributed by atoms with van der Waals surface area (Å²) in [6.07, 6.45) is 3.88. The Kier molecular flexibility index (Phi) is 7.18. The summed E-state index contributed by atoms with van der Waals surface area (Å²) in [6.45, 7) is 14.2. The Balaban J connectivity index is 1.62. The third-order valence-electron chi connectivity index (χ3n) is 7.17. The first-order valence-corrected chi connectivity index (χ1v) is 15.3. The van der Waals surface area contributed by atoms with Crippen LogP contribution in [0.15, 0.2) is 36.8 Å². The van der Waals surface area contributed by atoms with Gasteiger partial charge in [-0.15, -0.1) is 0 Å². The first-order valence-electron chi connectivity index (χ1n) is 12.0. The van der Waals surface area contributed by atoms with E-state index in [2.05, 4.69) is 71.4 Å². The Morgan fingerprint density at radius 1 is 1.22 bits per heavy atom. The summed E-state index contributed by atoms with van der Waals surface area (Å²) < 4.78 is 8.39. The number of nitrogens with one attached hydrogen (secondary N) is 2. The molecule has 4 rings (SSSR count). The van der Waals surface area contributed by atoms with Crippen LogP contribution >= 0.6 is 11.6 Å². The van der Waals surface area contributed by atoms with Crippen molar-refractivity contribution in [1.82, 2.24) is 24.9 Å². The lowest BCUT2D eigenvalue weighted by atomic mass is 9.92. The SMILES string of the molecule is C[C@H]1CN(c2ccncc2Nc2ncc3ccc(Cl)nn23)C[C@@H](NC(=O)O)[C@H]1O[Si](C)(C)C(C)(C)C. The minimum absolute atomic E-state index is 0.0176. The van der Waals surface area contributed by atoms with Gasteiger partial charge in [-0.2, -0.15) is 9.61 Å². The standard InChI is InChI=1S/C24H34ClN7O3Si/c1-15-13-31(14-18(29-23(33)34)21(15)35-36(5,6)24(2,3)4)19-9-10-26-12-17(19)28-22-27-11-16-7-8-20(25)30-32(16)22/h7-12,15,18,21,29H,13-14H2,1-6H3,(H,27,28)(H,33,34)/t15-,18+,21-/m0/s1. The van der Waals surface area contributed by atoms with Gasteiger partial charge in [0.15, 0.2) is 8.32 Å². The molecule has 1 aliphatic heterocycles. The first kappa shape index (κ1) is 26.2. The van der Waals surface area contributed by atoms with Crippen molar-refractivity contribution in [3.8, 4) is 0 Å². The number of carboxylic acid groups (broad SMARTS) is 1. The van der Waals surface area contributed by atoms with Gasteiger partial charge in [-0.1, -0.05) is 39.3 Å². The molecule has 36 heavy (non-hydrogen) atoms. The number of piperidine rings is 1. The number of pyridine rings is 1. The zero-order valence-electron chi connectivity index (χ0n) is 21.5. The van der Waals surface area contributed by atoms with Crippen molar-refractivity contribution in [2.75, 3.05) is 23.3 Å². The molecule has 0 aliphatic carbocycles. The molecular formula is C24H34ClN7O3Si. The fourth-order valence-corrected chi connectivity index (χ4v) is 5.86. The number of fused-ring (bicyclic) bond motifs is 1. The summed E-state index contributed by atoms with van der Waals surface area (Å²) in [5.74, 6) is 0.588. The van der Waals surface area contributed by atoms with E-state index in [1.165, 1.54) is 0 Å². The van der Waals surface area contributed by atoms with Gasteiger partial charge in [-0.25, -0.2) is 9.78 Å². The summed E-state index contributed by atoms with van der Waals surface area (Å²) in [5, 5.41) is 20.4. The van der Waals surface area contributed by atoms with Crippen molar-refractivity contribution in [2.45, 2.75) is 58.0 Å². The predicted molar refractivity (Wildman–Crippen MR) is 144 cm³/mol. The molecule has 3 aromatic rings. The number of hydrogen-bond acceptors (Lipinski definition) is 7. The molecule has 0 unspecified atom stereocenters. The van der Waals surface area contributed by atoms with Crippen LogP contribution in [0.3, 0.4) is 0 Å². The Hall–Kier alpha value is -2.89. The van der Waals surface area contributed by atoms with E-state index >= 15 is 0 Å². The second-order valence-corrected chi connectivity index (χ2v) is 16.0. The normalized spacial score (nSPS) is 21.0. The number of aromatic nitrogens is 4. The Labute approximate surface area is 217 Å². The molecule has 1 amide bonds. The van der Waals surface area contributed by atoms with Crippen molar-refractivity contribution >= 4 is 48.9 Å². The molecule has 3 atom stereocenters. The van der Waals surface area contributed by atoms with Crippen LogP contribution < -0.4 is 15.5 Å². The van der Waals surface area contributed by atoms with Crippen molar-refractivity contribution in [1.29, 1.82) is 0 Å². The second-order valence-electron chi connectivity index (χ2n) is 10.9. The zero-order chi connectivity index (χ0) is 26.3. The smallest absolute Gasteiger partial charge is 0.405 e. The summed E-state index contributed by atoms with van der Waals surface area (Å²) in [4.78, 5) is 22.6. The number of amides is 1. The van der Waals surface area contributed by atoms with E-state index in [0.29, 0.717) is 24.2 Å². The molecule has 4 heterocycles. The van der Waals surface area contributed by atoms with Gasteiger partial charge in [0.05, 0.1) is 41.4 Å². The van der Waals surface area contributed by atoms with Gasteiger partial charge in [0.25, 0.3) is 0 Å². The molecular weight excluding hydrogens is 498 g/mol. The Bertz CT molecular complexity index is 1250. The topological polar surface area (TPSA) is 117 Å². The lowest BCUT2D eigenvalue weighted by Crippen LogP contribution is -2.62. The number of rotatable bonds is 6. The van der Waals surface area contributed by atoms with Gasteiger partial charge in [-0.3, -0.25) is 4.98 Å². The van der Waals surface area contributed by atoms with Crippen LogP contribution in [0.1, 0.15) is 27.7 Å². The molecule has 10 nitrogen and oxygen atoms in total. The van der Waals surface area contributed by atoms with Gasteiger partial charge in [0, 0.05) is 25.2 Å². The molecule has 3 N–H and O–H groups in total. The molecule has 0 spiro atoms. The predicted octanol–water partition coefficient (Wildman–Crippen LogP) is 5.00. The molecule has 3 aromatic heterocycles. The first-order chi connectivity index (χ1) is 16.9. The quantitative estimate of drug-likeness (QED) is 0.380. The van der Waals surface area contributed by atoms with Crippen LogP contribution in [-0.4, -0.2) is 64.3 Å². The van der Waals surface area contributed by atoms with Crippen LogP contribution in [0, 0.1) is 5.92 Å². The number of carbonyl (C=O) groups is 1. The van der Waals surface area contributed by atoms with Crippen molar-refractivity contribution in [2.24, 2.45) is 5.92 Å². The molecule has 0 radical (unpaired) electrons. The van der Waals surface area contributed by atoms with E-state index in [0.717, 1.165) is 16.9 Å². The summed E-state index contributed by atoms with van der Waals surface area (Å²) in [5.41, 5.74) is 2.42. The second kappa shape index (κ2) is 9.87. The highest BCUT2D eigenvalue weighted by atomic mass is 35.5. The average molecular weight is 532 g/mol. The summed E-state index contributed by atoms with van der Waals surface area (Å²) in [6, 6.07) is 5.08. The fourth-order valence-electron chi connectivity index (χ4n) is 4.29. The van der Waals surface area contributed by atoms with Crippen LogP contribution in [-0.2, 0) is 4.43 Å². The van der Waals surface area contributed by atoms with E-state index < -0.39 is 20.5 Å². The zero-order valence-corrected chi connectivity index (χ0v) is 23.2. The molecule has 194 valence electrons. The van der Waals surface area contributed by atoms with E-state index in [9.17, 15) is 9.90 Å². The molecule has 1 saturated heterocycles. The van der Waals surface area contributed by atoms with Crippen LogP contribution in [0.4, 0.5) is 22.1 Å². The van der Waals surface area contributed by atoms with Gasteiger partial charge in [0.1, 0.15) is 5.15 Å². The molecule has 0 saturated carbocycles. The minimum Gasteiger partial charge on any atom is -0.465 e. The monoisotopic (exact) mass is 531 g/mol. The highest BCUT2D eigenvalue weighted by Gasteiger charge is 2.45. The maximum absolute atomic E-state index is 11.7. The molecule has 0 aromatic carbocycles. The molecule has 1 aliphatic rings. The van der Waals surface area contributed by atoms with Crippen molar-refractivity contribution in [3.63, 3.8) is 0 Å². The molecule has 0 bridgehead atoms. The Morgan fingerprint density at radius 3 is 2.67 bits per heavy atom. The Morgan fingerprint density at radius 2 is 1.97 bits per heavy atom. The van der Waals surface area contributed by atoms with Crippen molar-refractivity contribution < 1.29 is 14.3 Å². The number of anilines is 3. The van der Waals surface area contributed by atoms with Gasteiger partial charge in [0.2, 0.25) is 5.95 Å². The maximum atomic E-state index is 11.7. The van der Waals surface area contributed by atoms with Crippen LogP contribution in [0.2, 0.25) is 23.3 Å². The van der Waals surface area contributed by atoms with E-state index in [4.69, 9.17) is 16.0 Å². The highest BCUT2D eigenvalue weighted by molar-refractivity contribution is 6.74. The molecule has 12 heteroatoms. The number of nitrogens with zero attached hydrogens (tertiary/aromatic N) is 5. The third-order valence-corrected chi connectivity index (χ3v) is 11.8. The third kappa shape index (κ3) is 5.42. The minimum atomic E-state index is -2.12. The van der Waals surface area contributed by atoms with Gasteiger partial charge in [-0.05, 0) is 36.3 Å². The lowest BCUT2D eigenvalue weighted by Gasteiger charge is -2.48. The fraction of sp³-hybridized carbons (Fsp3) is 0.500. The van der Waals surface area contributed by atoms with E-state index in [-0.39, 0.29) is 17.1 Å². The van der Waals surface area contributed by atoms with E-state index in [1.54, 1.807) is 29.2 Å². The van der Waals surface area contributed by atoms with E-state index in [1.807, 2.05) is 12.1 Å². The van der Waals surface area contributed by atoms with Crippen LogP contribution in [0.5, 0.6) is 0 Å². The highest BCUT2D eigenvalue weighted by Crippen LogP contribution is 2.40. The van der Waals surface area contributed by atoms with Crippen LogP contribution in [0.25, 0.3) is 5.52 Å². The largest absolute Gasteiger partial charge is 0.465 e. The average Bonchev–Trinajstić information content (AvgIpc) is 3.17. The lowest BCUT2D eigenvalue weighted by molar-refractivity contribution is 0.0722. The number of halogens is 1. The molecule has 1 fully saturated rings.